The second kappa shape index (κ2) is 11.5. The summed E-state index contributed by atoms with van der Waals surface area (Å²) in [5.74, 6) is 0.599. The maximum absolute atomic E-state index is 12.7. The van der Waals surface area contributed by atoms with Crippen molar-refractivity contribution in [3.8, 4) is 5.69 Å². The van der Waals surface area contributed by atoms with Gasteiger partial charge in [-0.3, -0.25) is 4.99 Å². The Morgan fingerprint density at radius 3 is 2.74 bits per heavy atom. The van der Waals surface area contributed by atoms with Gasteiger partial charge in [-0.25, -0.2) is 9.67 Å². The molecule has 2 aromatic heterocycles. The fourth-order valence-corrected chi connectivity index (χ4v) is 3.58. The second-order valence-corrected chi connectivity index (χ2v) is 7.49. The topological polar surface area (TPSA) is 67.1 Å². The molecule has 0 aliphatic rings. The van der Waals surface area contributed by atoms with Gasteiger partial charge in [0.1, 0.15) is 0 Å². The van der Waals surface area contributed by atoms with Crippen molar-refractivity contribution in [3.05, 3.63) is 64.4 Å². The highest BCUT2D eigenvalue weighted by molar-refractivity contribution is 14.0. The van der Waals surface area contributed by atoms with Gasteiger partial charge >= 0.3 is 6.18 Å². The van der Waals surface area contributed by atoms with Crippen molar-refractivity contribution in [2.75, 3.05) is 13.1 Å². The molecule has 0 spiro atoms. The van der Waals surface area contributed by atoms with Crippen LogP contribution in [-0.2, 0) is 12.6 Å². The van der Waals surface area contributed by atoms with E-state index in [0.717, 1.165) is 28.0 Å². The van der Waals surface area contributed by atoms with Crippen LogP contribution in [0.5, 0.6) is 0 Å². The van der Waals surface area contributed by atoms with Crippen molar-refractivity contribution >= 4 is 41.3 Å². The summed E-state index contributed by atoms with van der Waals surface area (Å²) in [6.45, 7) is 4.98. The van der Waals surface area contributed by atoms with Crippen molar-refractivity contribution in [3.63, 3.8) is 0 Å². The lowest BCUT2D eigenvalue weighted by molar-refractivity contribution is -0.140. The van der Waals surface area contributed by atoms with Gasteiger partial charge in [0.05, 0.1) is 16.7 Å². The number of hydrogen-bond acceptors (Lipinski definition) is 4. The standard InChI is InChI=1S/C20H23F3N6S.HI/c1-3-24-19(25-10-8-18-28-17(13-30-18)20(21,22)23)27-14(2)15-6-4-7-16(12-15)29-11-5-9-26-29;/h4-7,9,11-14H,3,8,10H2,1-2H3,(H2,24,25,27);1H. The molecule has 0 amide bonds. The molecule has 1 aromatic carbocycles. The second-order valence-electron chi connectivity index (χ2n) is 6.55. The molecule has 1 atom stereocenters. The molecule has 3 aromatic rings. The van der Waals surface area contributed by atoms with Crippen molar-refractivity contribution in [1.29, 1.82) is 0 Å². The fourth-order valence-electron chi connectivity index (χ4n) is 2.79. The third kappa shape index (κ3) is 7.20. The molecule has 2 N–H and O–H groups in total. The quantitative estimate of drug-likeness (QED) is 0.245. The Hall–Kier alpha value is -2.15. The van der Waals surface area contributed by atoms with Crippen LogP contribution in [-0.4, -0.2) is 33.8 Å². The molecular formula is C20H24F3IN6S. The van der Waals surface area contributed by atoms with Crippen LogP contribution in [0.1, 0.15) is 36.2 Å². The van der Waals surface area contributed by atoms with Crippen LogP contribution in [0.15, 0.2) is 53.1 Å². The number of guanidine groups is 1. The van der Waals surface area contributed by atoms with E-state index in [1.165, 1.54) is 0 Å². The van der Waals surface area contributed by atoms with Crippen LogP contribution in [0, 0.1) is 0 Å². The molecule has 0 aliphatic carbocycles. The highest BCUT2D eigenvalue weighted by atomic mass is 127. The van der Waals surface area contributed by atoms with Crippen molar-refractivity contribution < 1.29 is 13.2 Å². The summed E-state index contributed by atoms with van der Waals surface area (Å²) >= 11 is 1.00. The molecule has 168 valence electrons. The Morgan fingerprint density at radius 2 is 2.10 bits per heavy atom. The van der Waals surface area contributed by atoms with E-state index < -0.39 is 11.9 Å². The molecule has 3 rings (SSSR count). The number of thiazole rings is 1. The summed E-state index contributed by atoms with van der Waals surface area (Å²) in [6, 6.07) is 9.84. The van der Waals surface area contributed by atoms with E-state index in [-0.39, 0.29) is 30.0 Å². The molecule has 2 heterocycles. The molecule has 0 bridgehead atoms. The first-order valence-electron chi connectivity index (χ1n) is 9.53. The number of halogens is 4. The fraction of sp³-hybridized carbons (Fsp3) is 0.350. The first kappa shape index (κ1) is 25.1. The molecule has 0 saturated heterocycles. The van der Waals surface area contributed by atoms with Crippen LogP contribution in [0.4, 0.5) is 13.2 Å². The van der Waals surface area contributed by atoms with E-state index in [1.807, 2.05) is 50.4 Å². The molecule has 11 heteroatoms. The van der Waals surface area contributed by atoms with Gasteiger partial charge in [0.25, 0.3) is 0 Å². The van der Waals surface area contributed by atoms with E-state index in [2.05, 4.69) is 25.7 Å². The largest absolute Gasteiger partial charge is 0.434 e. The zero-order valence-corrected chi connectivity index (χ0v) is 20.2. The summed E-state index contributed by atoms with van der Waals surface area (Å²) in [5, 5.41) is 12.2. The minimum Gasteiger partial charge on any atom is -0.357 e. The SMILES string of the molecule is CCNC(=NCCc1nc(C(F)(F)F)cs1)NC(C)c1cccc(-n2cccn2)c1.I. The molecular weight excluding hydrogens is 540 g/mol. The molecule has 1 unspecified atom stereocenters. The average Bonchev–Trinajstić information content (AvgIpc) is 3.40. The van der Waals surface area contributed by atoms with Gasteiger partial charge < -0.3 is 10.6 Å². The first-order valence-corrected chi connectivity index (χ1v) is 10.4. The van der Waals surface area contributed by atoms with E-state index in [9.17, 15) is 13.2 Å². The van der Waals surface area contributed by atoms with Crippen LogP contribution in [0.2, 0.25) is 0 Å². The third-order valence-electron chi connectivity index (χ3n) is 4.27. The van der Waals surface area contributed by atoms with Gasteiger partial charge in [-0.2, -0.15) is 18.3 Å². The average molecular weight is 564 g/mol. The smallest absolute Gasteiger partial charge is 0.357 e. The summed E-state index contributed by atoms with van der Waals surface area (Å²) in [7, 11) is 0. The zero-order chi connectivity index (χ0) is 21.6. The first-order chi connectivity index (χ1) is 14.4. The molecule has 0 fully saturated rings. The van der Waals surface area contributed by atoms with Gasteiger partial charge in [0, 0.05) is 37.3 Å². The van der Waals surface area contributed by atoms with Crippen LogP contribution >= 0.6 is 35.3 Å². The Kier molecular flexibility index (Phi) is 9.29. The Labute approximate surface area is 200 Å². The molecule has 0 radical (unpaired) electrons. The van der Waals surface area contributed by atoms with Gasteiger partial charge in [-0.15, -0.1) is 35.3 Å². The number of aromatic nitrogens is 3. The molecule has 0 saturated carbocycles. The Bertz CT molecular complexity index is 971. The van der Waals surface area contributed by atoms with Crippen molar-refractivity contribution in [1.82, 2.24) is 25.4 Å². The lowest BCUT2D eigenvalue weighted by Crippen LogP contribution is -2.38. The van der Waals surface area contributed by atoms with E-state index >= 15 is 0 Å². The van der Waals surface area contributed by atoms with Crippen LogP contribution in [0.25, 0.3) is 5.69 Å². The maximum Gasteiger partial charge on any atom is 0.434 e. The predicted molar refractivity (Wildman–Crippen MR) is 127 cm³/mol. The number of benzene rings is 1. The van der Waals surface area contributed by atoms with Gasteiger partial charge in [0.2, 0.25) is 0 Å². The van der Waals surface area contributed by atoms with Crippen LogP contribution in [0.3, 0.4) is 0 Å². The van der Waals surface area contributed by atoms with Crippen LogP contribution < -0.4 is 10.6 Å². The Balaban J connectivity index is 0.00000341. The van der Waals surface area contributed by atoms with Gasteiger partial charge in [-0.05, 0) is 37.6 Å². The van der Waals surface area contributed by atoms with E-state index in [4.69, 9.17) is 0 Å². The van der Waals surface area contributed by atoms with E-state index in [0.29, 0.717) is 30.5 Å². The van der Waals surface area contributed by atoms with Crippen molar-refractivity contribution in [2.45, 2.75) is 32.5 Å². The Morgan fingerprint density at radius 1 is 1.29 bits per heavy atom. The minimum atomic E-state index is -4.41. The number of hydrogen-bond donors (Lipinski definition) is 2. The lowest BCUT2D eigenvalue weighted by Gasteiger charge is -2.19. The zero-order valence-electron chi connectivity index (χ0n) is 17.1. The highest BCUT2D eigenvalue weighted by Gasteiger charge is 2.33. The summed E-state index contributed by atoms with van der Waals surface area (Å²) in [5.41, 5.74) is 1.17. The van der Waals surface area contributed by atoms with Crippen molar-refractivity contribution in [2.24, 2.45) is 4.99 Å². The summed E-state index contributed by atoms with van der Waals surface area (Å²) in [6.07, 6.45) is -0.453. The number of alkyl halides is 3. The number of nitrogens with zero attached hydrogens (tertiary/aromatic N) is 4. The molecule has 31 heavy (non-hydrogen) atoms. The summed E-state index contributed by atoms with van der Waals surface area (Å²) in [4.78, 5) is 8.12. The molecule has 6 nitrogen and oxygen atoms in total. The highest BCUT2D eigenvalue weighted by Crippen LogP contribution is 2.30. The predicted octanol–water partition coefficient (Wildman–Crippen LogP) is 4.82. The van der Waals surface area contributed by atoms with Gasteiger partial charge in [-0.1, -0.05) is 12.1 Å². The maximum atomic E-state index is 12.7. The monoisotopic (exact) mass is 564 g/mol. The molecule has 0 aliphatic heterocycles. The summed E-state index contributed by atoms with van der Waals surface area (Å²) < 4.78 is 39.8. The number of aliphatic imine (C=N–C) groups is 1. The number of rotatable bonds is 7. The van der Waals surface area contributed by atoms with Gasteiger partial charge in [0.15, 0.2) is 11.7 Å². The minimum absolute atomic E-state index is 0. The normalized spacial score (nSPS) is 12.9. The van der Waals surface area contributed by atoms with E-state index in [1.54, 1.807) is 10.9 Å². The number of nitrogens with one attached hydrogen (secondary N) is 2. The lowest BCUT2D eigenvalue weighted by atomic mass is 10.1. The third-order valence-corrected chi connectivity index (χ3v) is 5.18.